The van der Waals surface area contributed by atoms with Crippen molar-refractivity contribution in [3.05, 3.63) is 73.6 Å². The largest absolute Gasteiger partial charge is 0.328 e. The molecule has 0 saturated carbocycles. The summed E-state index contributed by atoms with van der Waals surface area (Å²) in [6.07, 6.45) is -0.0502. The third kappa shape index (κ3) is 3.69. The van der Waals surface area contributed by atoms with E-state index in [1.807, 2.05) is 0 Å². The highest BCUT2D eigenvalue weighted by molar-refractivity contribution is 9.10. The number of aryl methyl sites for hydroxylation is 1. The molecule has 0 saturated heterocycles. The number of nitrogens with one attached hydrogen (secondary N) is 2. The van der Waals surface area contributed by atoms with Crippen molar-refractivity contribution in [3.63, 3.8) is 0 Å². The number of hydrogen-bond acceptors (Lipinski definition) is 3. The van der Waals surface area contributed by atoms with Crippen molar-refractivity contribution in [1.29, 1.82) is 0 Å². The molecule has 0 unspecified atom stereocenters. The Bertz CT molecular complexity index is 1070. The minimum absolute atomic E-state index is 0.0502. The second-order valence-electron chi connectivity index (χ2n) is 5.35. The number of rotatable bonds is 4. The molecule has 0 bridgehead atoms. The monoisotopic (exact) mass is 405 g/mol. The summed E-state index contributed by atoms with van der Waals surface area (Å²) < 4.78 is 15.6. The first-order valence-electron chi connectivity index (χ1n) is 7.42. The van der Waals surface area contributed by atoms with Crippen molar-refractivity contribution in [2.24, 2.45) is 0 Å². The van der Waals surface area contributed by atoms with Crippen LogP contribution >= 0.6 is 15.9 Å². The molecule has 2 N–H and O–H groups in total. The quantitative estimate of drug-likeness (QED) is 0.699. The van der Waals surface area contributed by atoms with Crippen molar-refractivity contribution in [2.75, 3.05) is 5.32 Å². The number of para-hydroxylation sites is 1. The zero-order chi connectivity index (χ0) is 18.0. The number of hydrogen-bond donors (Lipinski definition) is 2. The lowest BCUT2D eigenvalue weighted by Gasteiger charge is -2.10. The molecule has 0 spiro atoms. The van der Waals surface area contributed by atoms with E-state index in [9.17, 15) is 18.8 Å². The maximum Gasteiger partial charge on any atom is 0.328 e. The van der Waals surface area contributed by atoms with Crippen LogP contribution < -0.4 is 16.6 Å². The van der Waals surface area contributed by atoms with E-state index in [0.29, 0.717) is 15.4 Å². The summed E-state index contributed by atoms with van der Waals surface area (Å²) in [5.41, 5.74) is -0.560. The molecule has 25 heavy (non-hydrogen) atoms. The molecule has 0 aliphatic rings. The number of aromatic amines is 1. The van der Waals surface area contributed by atoms with Gasteiger partial charge in [-0.1, -0.05) is 28.1 Å². The third-order valence-corrected chi connectivity index (χ3v) is 4.17. The summed E-state index contributed by atoms with van der Waals surface area (Å²) in [5, 5.41) is 2.83. The number of fused-ring (bicyclic) bond motifs is 1. The van der Waals surface area contributed by atoms with Crippen LogP contribution in [-0.2, 0) is 11.3 Å². The van der Waals surface area contributed by atoms with E-state index in [-0.39, 0.29) is 18.7 Å². The van der Waals surface area contributed by atoms with Gasteiger partial charge in [0, 0.05) is 17.4 Å². The van der Waals surface area contributed by atoms with Crippen LogP contribution in [-0.4, -0.2) is 15.5 Å². The highest BCUT2D eigenvalue weighted by Crippen LogP contribution is 2.19. The molecule has 2 aromatic carbocycles. The number of H-pyrrole nitrogens is 1. The molecule has 8 heteroatoms. The summed E-state index contributed by atoms with van der Waals surface area (Å²) in [6, 6.07) is 10.9. The number of aromatic nitrogens is 2. The van der Waals surface area contributed by atoms with Crippen LogP contribution in [0.5, 0.6) is 0 Å². The molecule has 3 rings (SSSR count). The van der Waals surface area contributed by atoms with Gasteiger partial charge in [0.2, 0.25) is 5.91 Å². The number of nitrogens with zero attached hydrogens (tertiary/aromatic N) is 1. The van der Waals surface area contributed by atoms with Crippen molar-refractivity contribution >= 4 is 38.4 Å². The van der Waals surface area contributed by atoms with Crippen LogP contribution in [0.2, 0.25) is 0 Å². The zero-order valence-electron chi connectivity index (χ0n) is 12.9. The molecular weight excluding hydrogens is 393 g/mol. The minimum atomic E-state index is -0.591. The fourth-order valence-corrected chi connectivity index (χ4v) is 2.81. The summed E-state index contributed by atoms with van der Waals surface area (Å²) >= 11 is 3.14. The highest BCUT2D eigenvalue weighted by Gasteiger charge is 2.11. The number of amides is 1. The molecular formula is C17H13BrFN3O3. The predicted octanol–water partition coefficient (Wildman–Crippen LogP) is 2.62. The highest BCUT2D eigenvalue weighted by atomic mass is 79.9. The molecule has 1 heterocycles. The molecule has 0 radical (unpaired) electrons. The lowest BCUT2D eigenvalue weighted by molar-refractivity contribution is -0.116. The smallest absolute Gasteiger partial charge is 0.324 e. The number of carbonyl (C=O) groups is 1. The SMILES string of the molecule is O=C(CCn1c(=O)[nH]c(=O)c2ccccc21)Nc1ccc(Br)cc1F. The Morgan fingerprint density at radius 1 is 1.20 bits per heavy atom. The molecule has 128 valence electrons. The lowest BCUT2D eigenvalue weighted by Crippen LogP contribution is -2.31. The van der Waals surface area contributed by atoms with Gasteiger partial charge in [-0.25, -0.2) is 9.18 Å². The maximum absolute atomic E-state index is 13.8. The maximum atomic E-state index is 13.8. The van der Waals surface area contributed by atoms with Gasteiger partial charge in [0.25, 0.3) is 5.56 Å². The molecule has 0 atom stereocenters. The number of anilines is 1. The number of halogens is 2. The second kappa shape index (κ2) is 7.02. The van der Waals surface area contributed by atoms with Gasteiger partial charge in [-0.05, 0) is 30.3 Å². The fraction of sp³-hybridized carbons (Fsp3) is 0.118. The summed E-state index contributed by atoms with van der Waals surface area (Å²) in [5.74, 6) is -1.00. The molecule has 1 amide bonds. The second-order valence-corrected chi connectivity index (χ2v) is 6.27. The minimum Gasteiger partial charge on any atom is -0.324 e. The van der Waals surface area contributed by atoms with Crippen molar-refractivity contribution in [1.82, 2.24) is 9.55 Å². The van der Waals surface area contributed by atoms with Crippen molar-refractivity contribution < 1.29 is 9.18 Å². The molecule has 0 fully saturated rings. The average Bonchev–Trinajstić information content (AvgIpc) is 2.57. The molecule has 0 aliphatic carbocycles. The van der Waals surface area contributed by atoms with Gasteiger partial charge in [0.1, 0.15) is 5.82 Å². The standard InChI is InChI=1S/C17H13BrFN3O3/c18-10-5-6-13(12(19)9-10)20-15(23)7-8-22-14-4-2-1-3-11(14)16(24)21-17(22)25/h1-6,9H,7-8H2,(H,20,23)(H,21,24,25). The normalized spacial score (nSPS) is 10.8. The summed E-state index contributed by atoms with van der Waals surface area (Å²) in [6.45, 7) is 0.0557. The van der Waals surface area contributed by atoms with E-state index in [2.05, 4.69) is 26.2 Å². The van der Waals surface area contributed by atoms with Crippen LogP contribution in [0.4, 0.5) is 10.1 Å². The zero-order valence-corrected chi connectivity index (χ0v) is 14.5. The first kappa shape index (κ1) is 17.1. The van der Waals surface area contributed by atoms with Gasteiger partial charge < -0.3 is 5.32 Å². The van der Waals surface area contributed by atoms with E-state index in [1.165, 1.54) is 16.7 Å². The van der Waals surface area contributed by atoms with Crippen LogP contribution in [0.15, 0.2) is 56.5 Å². The van der Waals surface area contributed by atoms with Crippen LogP contribution in [0.25, 0.3) is 10.9 Å². The van der Waals surface area contributed by atoms with E-state index < -0.39 is 23.0 Å². The summed E-state index contributed by atoms with van der Waals surface area (Å²) in [4.78, 5) is 38.1. The molecule has 6 nitrogen and oxygen atoms in total. The first-order chi connectivity index (χ1) is 12.0. The fourth-order valence-electron chi connectivity index (χ4n) is 2.48. The first-order valence-corrected chi connectivity index (χ1v) is 8.22. The van der Waals surface area contributed by atoms with Crippen LogP contribution in [0.1, 0.15) is 6.42 Å². The predicted molar refractivity (Wildman–Crippen MR) is 96.2 cm³/mol. The Hall–Kier alpha value is -2.74. The number of benzene rings is 2. The van der Waals surface area contributed by atoms with Gasteiger partial charge in [0.15, 0.2) is 0 Å². The van der Waals surface area contributed by atoms with E-state index in [1.54, 1.807) is 30.3 Å². The van der Waals surface area contributed by atoms with Crippen molar-refractivity contribution in [2.45, 2.75) is 13.0 Å². The van der Waals surface area contributed by atoms with Gasteiger partial charge in [-0.2, -0.15) is 0 Å². The van der Waals surface area contributed by atoms with Gasteiger partial charge >= 0.3 is 5.69 Å². The molecule has 1 aromatic heterocycles. The number of carbonyl (C=O) groups excluding carboxylic acids is 1. The summed E-state index contributed by atoms with van der Waals surface area (Å²) in [7, 11) is 0. The van der Waals surface area contributed by atoms with Crippen LogP contribution in [0, 0.1) is 5.82 Å². The third-order valence-electron chi connectivity index (χ3n) is 3.67. The van der Waals surface area contributed by atoms with E-state index in [4.69, 9.17) is 0 Å². The Morgan fingerprint density at radius 3 is 2.72 bits per heavy atom. The van der Waals surface area contributed by atoms with Crippen molar-refractivity contribution in [3.8, 4) is 0 Å². The Kier molecular flexibility index (Phi) is 4.80. The Morgan fingerprint density at radius 2 is 1.96 bits per heavy atom. The Balaban J connectivity index is 1.80. The van der Waals surface area contributed by atoms with E-state index in [0.717, 1.165) is 0 Å². The molecule has 0 aliphatic heterocycles. The van der Waals surface area contributed by atoms with Crippen LogP contribution in [0.3, 0.4) is 0 Å². The topological polar surface area (TPSA) is 84.0 Å². The lowest BCUT2D eigenvalue weighted by atomic mass is 10.2. The Labute approximate surface area is 149 Å². The van der Waals surface area contributed by atoms with Gasteiger partial charge in [-0.3, -0.25) is 19.1 Å². The van der Waals surface area contributed by atoms with Gasteiger partial charge in [0.05, 0.1) is 16.6 Å². The van der Waals surface area contributed by atoms with E-state index >= 15 is 0 Å². The van der Waals surface area contributed by atoms with Gasteiger partial charge in [-0.15, -0.1) is 0 Å². The molecule has 3 aromatic rings. The average molecular weight is 406 g/mol.